The summed E-state index contributed by atoms with van der Waals surface area (Å²) < 4.78 is 5.84. The van der Waals surface area contributed by atoms with E-state index in [1.165, 1.54) is 16.8 Å². The van der Waals surface area contributed by atoms with Crippen molar-refractivity contribution < 1.29 is 4.74 Å². The van der Waals surface area contributed by atoms with E-state index < -0.39 is 0 Å². The monoisotopic (exact) mass is 331 g/mol. The Kier molecular flexibility index (Phi) is 3.97. The number of alkyl halides is 1. The van der Waals surface area contributed by atoms with Crippen LogP contribution in [0.3, 0.4) is 0 Å². The summed E-state index contributed by atoms with van der Waals surface area (Å²) in [5.74, 6) is 0.978. The molecule has 0 bridgehead atoms. The molecule has 0 fully saturated rings. The minimum atomic E-state index is 0.781. The number of fused-ring (bicyclic) bond motifs is 1. The van der Waals surface area contributed by atoms with E-state index in [9.17, 15) is 0 Å². The van der Waals surface area contributed by atoms with Gasteiger partial charge >= 0.3 is 0 Å². The van der Waals surface area contributed by atoms with E-state index >= 15 is 0 Å². The van der Waals surface area contributed by atoms with Crippen molar-refractivity contribution >= 4 is 27.3 Å². The third-order valence-corrected chi connectivity index (χ3v) is 4.21. The molecule has 3 rings (SSSR count). The van der Waals surface area contributed by atoms with E-state index in [4.69, 9.17) is 4.74 Å². The largest absolute Gasteiger partial charge is 0.491 e. The van der Waals surface area contributed by atoms with Crippen LogP contribution in [0.15, 0.2) is 42.5 Å². The molecule has 1 aliphatic rings. The summed E-state index contributed by atoms with van der Waals surface area (Å²) in [6.07, 6.45) is 1.03. The summed E-state index contributed by atoms with van der Waals surface area (Å²) in [5.41, 5.74) is 5.05. The van der Waals surface area contributed by atoms with Crippen molar-refractivity contribution in [3.63, 3.8) is 0 Å². The van der Waals surface area contributed by atoms with Gasteiger partial charge in [0, 0.05) is 17.6 Å². The van der Waals surface area contributed by atoms with Gasteiger partial charge in [0.1, 0.15) is 5.75 Å². The second-order valence-corrected chi connectivity index (χ2v) is 5.65. The number of ether oxygens (including phenoxy) is 1. The Hall–Kier alpha value is -1.48. The number of hydrogen-bond acceptors (Lipinski definition) is 2. The number of benzene rings is 2. The SMILES string of the molecule is Cc1ccc(N2CCCOc3ccccc32)c(CBr)c1. The predicted octanol–water partition coefficient (Wildman–Crippen LogP) is 4.81. The number of aryl methyl sites for hydroxylation is 1. The Morgan fingerprint density at radius 2 is 2.00 bits per heavy atom. The fraction of sp³-hybridized carbons (Fsp3) is 0.294. The van der Waals surface area contributed by atoms with Crippen LogP contribution in [0, 0.1) is 6.92 Å². The molecule has 1 aliphatic heterocycles. The van der Waals surface area contributed by atoms with Crippen LogP contribution in [0.1, 0.15) is 17.5 Å². The first kappa shape index (κ1) is 13.5. The molecule has 0 aromatic heterocycles. The van der Waals surface area contributed by atoms with Crippen molar-refractivity contribution in [2.24, 2.45) is 0 Å². The summed E-state index contributed by atoms with van der Waals surface area (Å²) in [6, 6.07) is 14.9. The molecule has 2 nitrogen and oxygen atoms in total. The van der Waals surface area contributed by atoms with E-state index in [0.717, 1.165) is 36.3 Å². The topological polar surface area (TPSA) is 12.5 Å². The van der Waals surface area contributed by atoms with Crippen molar-refractivity contribution in [1.29, 1.82) is 0 Å². The summed E-state index contributed by atoms with van der Waals surface area (Å²) >= 11 is 3.61. The smallest absolute Gasteiger partial charge is 0.142 e. The molecule has 20 heavy (non-hydrogen) atoms. The maximum absolute atomic E-state index is 5.84. The molecular formula is C17H18BrNO. The third-order valence-electron chi connectivity index (χ3n) is 3.61. The maximum Gasteiger partial charge on any atom is 0.142 e. The fourth-order valence-corrected chi connectivity index (χ4v) is 3.11. The van der Waals surface area contributed by atoms with Gasteiger partial charge in [-0.3, -0.25) is 0 Å². The Morgan fingerprint density at radius 3 is 2.85 bits per heavy atom. The fourth-order valence-electron chi connectivity index (χ4n) is 2.66. The van der Waals surface area contributed by atoms with Crippen LogP contribution >= 0.6 is 15.9 Å². The molecule has 0 aliphatic carbocycles. The molecule has 1 heterocycles. The first-order valence-corrected chi connectivity index (χ1v) is 8.06. The number of nitrogens with zero attached hydrogens (tertiary/aromatic N) is 1. The molecule has 0 unspecified atom stereocenters. The summed E-state index contributed by atoms with van der Waals surface area (Å²) in [5, 5.41) is 0.865. The highest BCUT2D eigenvalue weighted by atomic mass is 79.9. The van der Waals surface area contributed by atoms with Crippen molar-refractivity contribution in [3.8, 4) is 5.75 Å². The van der Waals surface area contributed by atoms with Gasteiger partial charge in [0.05, 0.1) is 12.3 Å². The molecule has 3 heteroatoms. The molecule has 2 aromatic rings. The number of anilines is 2. The number of hydrogen-bond donors (Lipinski definition) is 0. The number of halogens is 1. The highest BCUT2D eigenvalue weighted by molar-refractivity contribution is 9.08. The quantitative estimate of drug-likeness (QED) is 0.732. The van der Waals surface area contributed by atoms with Crippen LogP contribution in [0.2, 0.25) is 0 Å². The average molecular weight is 332 g/mol. The van der Waals surface area contributed by atoms with Gasteiger partial charge in [-0.2, -0.15) is 0 Å². The molecule has 0 spiro atoms. The highest BCUT2D eigenvalue weighted by Crippen LogP contribution is 2.38. The van der Waals surface area contributed by atoms with Crippen LogP contribution in [0.5, 0.6) is 5.75 Å². The van der Waals surface area contributed by atoms with E-state index in [2.05, 4.69) is 64.2 Å². The normalized spacial score (nSPS) is 14.4. The number of para-hydroxylation sites is 2. The lowest BCUT2D eigenvalue weighted by Crippen LogP contribution is -2.19. The lowest BCUT2D eigenvalue weighted by atomic mass is 10.1. The molecular weight excluding hydrogens is 314 g/mol. The van der Waals surface area contributed by atoms with Crippen LogP contribution in [0.4, 0.5) is 11.4 Å². The average Bonchev–Trinajstić information content (AvgIpc) is 2.69. The standard InChI is InChI=1S/C17H18BrNO/c1-13-7-8-15(14(11-13)12-18)19-9-4-10-20-17-6-3-2-5-16(17)19/h2-3,5-8,11H,4,9-10,12H2,1H3. The van der Waals surface area contributed by atoms with E-state index in [0.29, 0.717) is 0 Å². The van der Waals surface area contributed by atoms with Crippen LogP contribution in [-0.2, 0) is 5.33 Å². The Balaban J connectivity index is 2.10. The van der Waals surface area contributed by atoms with Crippen molar-refractivity contribution in [2.45, 2.75) is 18.7 Å². The third kappa shape index (κ3) is 2.55. The van der Waals surface area contributed by atoms with E-state index in [-0.39, 0.29) is 0 Å². The van der Waals surface area contributed by atoms with Gasteiger partial charge in [0.15, 0.2) is 0 Å². The maximum atomic E-state index is 5.84. The van der Waals surface area contributed by atoms with Gasteiger partial charge in [-0.25, -0.2) is 0 Å². The zero-order valence-electron chi connectivity index (χ0n) is 11.6. The lowest BCUT2D eigenvalue weighted by Gasteiger charge is -2.26. The second kappa shape index (κ2) is 5.88. The highest BCUT2D eigenvalue weighted by Gasteiger charge is 2.19. The Labute approximate surface area is 128 Å². The second-order valence-electron chi connectivity index (χ2n) is 5.09. The first-order valence-electron chi connectivity index (χ1n) is 6.94. The Bertz CT molecular complexity index is 612. The van der Waals surface area contributed by atoms with E-state index in [1.54, 1.807) is 0 Å². The summed E-state index contributed by atoms with van der Waals surface area (Å²) in [4.78, 5) is 2.37. The molecule has 2 aromatic carbocycles. The van der Waals surface area contributed by atoms with E-state index in [1.807, 2.05) is 6.07 Å². The number of rotatable bonds is 2. The van der Waals surface area contributed by atoms with Gasteiger partial charge in [-0.05, 0) is 37.1 Å². The van der Waals surface area contributed by atoms with Crippen molar-refractivity contribution in [3.05, 3.63) is 53.6 Å². The van der Waals surface area contributed by atoms with Crippen molar-refractivity contribution in [1.82, 2.24) is 0 Å². The molecule has 0 N–H and O–H groups in total. The molecule has 0 amide bonds. The summed E-state index contributed by atoms with van der Waals surface area (Å²) in [7, 11) is 0. The van der Waals surface area contributed by atoms with Gasteiger partial charge < -0.3 is 9.64 Å². The lowest BCUT2D eigenvalue weighted by molar-refractivity contribution is 0.322. The zero-order valence-corrected chi connectivity index (χ0v) is 13.2. The first-order chi connectivity index (χ1) is 9.79. The van der Waals surface area contributed by atoms with Crippen molar-refractivity contribution in [2.75, 3.05) is 18.1 Å². The predicted molar refractivity (Wildman–Crippen MR) is 87.4 cm³/mol. The zero-order chi connectivity index (χ0) is 13.9. The van der Waals surface area contributed by atoms with Crippen LogP contribution in [0.25, 0.3) is 0 Å². The van der Waals surface area contributed by atoms with Gasteiger partial charge in [-0.1, -0.05) is 45.8 Å². The van der Waals surface area contributed by atoms with Gasteiger partial charge in [0.25, 0.3) is 0 Å². The van der Waals surface area contributed by atoms with Gasteiger partial charge in [0.2, 0.25) is 0 Å². The molecule has 0 atom stereocenters. The minimum absolute atomic E-state index is 0.781. The van der Waals surface area contributed by atoms with Crippen LogP contribution < -0.4 is 9.64 Å². The summed E-state index contributed by atoms with van der Waals surface area (Å²) in [6.45, 7) is 3.90. The van der Waals surface area contributed by atoms with Gasteiger partial charge in [-0.15, -0.1) is 0 Å². The van der Waals surface area contributed by atoms with Crippen LogP contribution in [-0.4, -0.2) is 13.2 Å². The molecule has 104 valence electrons. The Morgan fingerprint density at radius 1 is 1.15 bits per heavy atom. The molecule has 0 saturated carbocycles. The molecule has 0 radical (unpaired) electrons. The minimum Gasteiger partial charge on any atom is -0.491 e. The molecule has 0 saturated heterocycles.